The van der Waals surface area contributed by atoms with Crippen molar-refractivity contribution >= 4 is 14.0 Å². The van der Waals surface area contributed by atoms with Crippen LogP contribution in [-0.4, -0.2) is 17.0 Å². The van der Waals surface area contributed by atoms with Gasteiger partial charge in [0.05, 0.1) is 0 Å². The fourth-order valence-electron chi connectivity index (χ4n) is 3.04. The van der Waals surface area contributed by atoms with Crippen LogP contribution in [-0.2, 0) is 19.5 Å². The number of hydrogen-bond acceptors (Lipinski definition) is 0. The molecule has 0 aliphatic carbocycles. The van der Waals surface area contributed by atoms with Crippen molar-refractivity contribution in [1.82, 2.24) is 0 Å². The van der Waals surface area contributed by atoms with E-state index in [1.807, 2.05) is 42.5 Å². The number of allylic oxidation sites excluding steroid dienone is 2. The van der Waals surface area contributed by atoms with Crippen molar-refractivity contribution in [2.24, 2.45) is 0 Å². The van der Waals surface area contributed by atoms with E-state index in [0.29, 0.717) is 5.66 Å². The first-order chi connectivity index (χ1) is 12.9. The van der Waals surface area contributed by atoms with Crippen molar-refractivity contribution in [3.8, 4) is 5.92 Å². The molecule has 0 amide bonds. The van der Waals surface area contributed by atoms with E-state index < -0.39 is 0 Å². The monoisotopic (exact) mass is 477 g/mol. The van der Waals surface area contributed by atoms with Crippen molar-refractivity contribution in [1.29, 1.82) is 0 Å². The molecule has 1 unspecified atom stereocenters. The quantitative estimate of drug-likeness (QED) is 0.134. The second-order valence-corrected chi connectivity index (χ2v) is 10.8. The minimum absolute atomic E-state index is 0. The molecule has 0 aromatic heterocycles. The van der Waals surface area contributed by atoms with E-state index in [1.54, 1.807) is 0 Å². The standard InChI is InChI=1S/C18H26P.C8H5.Rh/c1-14(2)19(15(3)4)17(6)16(5)12-13-18-10-8-7-9-11-18;1-2-8-6-4-3-5-7-8;/h7-11,13-15,17H,5H2,1-4,6H3;3-7H;/q2*-1;+2. The third kappa shape index (κ3) is 9.64. The number of benzene rings is 2. The molecule has 2 rings (SSSR count). The Hall–Kier alpha value is -1.47. The van der Waals surface area contributed by atoms with Crippen LogP contribution in [0.5, 0.6) is 0 Å². The zero-order valence-corrected chi connectivity index (χ0v) is 20.1. The van der Waals surface area contributed by atoms with Crippen molar-refractivity contribution in [3.05, 3.63) is 96.4 Å². The molecule has 0 heterocycles. The molecule has 0 spiro atoms. The maximum absolute atomic E-state index is 6.69. The molecule has 0 saturated carbocycles. The predicted molar refractivity (Wildman–Crippen MR) is 123 cm³/mol. The van der Waals surface area contributed by atoms with Crippen molar-refractivity contribution in [2.75, 3.05) is 0 Å². The molecule has 2 aromatic carbocycles. The SMILES string of the molecule is C=C([C-]=Cc1ccccc1)C(C)P(C(C)C)C(C)C.[C-]#Cc1ccccc1.[Rh+2]. The maximum Gasteiger partial charge on any atom is 2.00 e. The van der Waals surface area contributed by atoms with Crippen LogP contribution in [0.2, 0.25) is 0 Å². The zero-order valence-electron chi connectivity index (χ0n) is 17.6. The fraction of sp³-hybridized carbons (Fsp3) is 0.308. The molecular formula is C26H31PRh. The van der Waals surface area contributed by atoms with Crippen LogP contribution in [0.4, 0.5) is 0 Å². The van der Waals surface area contributed by atoms with Gasteiger partial charge in [0.1, 0.15) is 0 Å². The van der Waals surface area contributed by atoms with Crippen LogP contribution in [0.15, 0.2) is 72.8 Å². The van der Waals surface area contributed by atoms with Crippen LogP contribution < -0.4 is 0 Å². The molecule has 28 heavy (non-hydrogen) atoms. The van der Waals surface area contributed by atoms with E-state index >= 15 is 0 Å². The van der Waals surface area contributed by atoms with Crippen LogP contribution in [0.25, 0.3) is 6.08 Å². The maximum atomic E-state index is 6.69. The first-order valence-corrected chi connectivity index (χ1v) is 11.0. The Bertz CT molecular complexity index is 731. The molecular weight excluding hydrogens is 446 g/mol. The molecule has 0 aliphatic heterocycles. The van der Waals surface area contributed by atoms with Crippen LogP contribution in [0.1, 0.15) is 45.7 Å². The van der Waals surface area contributed by atoms with Gasteiger partial charge in [0.2, 0.25) is 0 Å². The molecule has 0 aliphatic rings. The van der Waals surface area contributed by atoms with Gasteiger partial charge in [-0.05, 0) is 17.0 Å². The minimum atomic E-state index is -0.0418. The Morgan fingerprint density at radius 1 is 0.929 bits per heavy atom. The van der Waals surface area contributed by atoms with E-state index in [9.17, 15) is 0 Å². The van der Waals surface area contributed by atoms with Crippen molar-refractivity contribution in [3.63, 3.8) is 0 Å². The van der Waals surface area contributed by atoms with E-state index in [0.717, 1.165) is 22.5 Å². The summed E-state index contributed by atoms with van der Waals surface area (Å²) in [7, 11) is -0.0418. The molecule has 1 atom stereocenters. The molecule has 0 N–H and O–H groups in total. The predicted octanol–water partition coefficient (Wildman–Crippen LogP) is 7.37. The van der Waals surface area contributed by atoms with Gasteiger partial charge < -0.3 is 6.42 Å². The van der Waals surface area contributed by atoms with Crippen LogP contribution in [0.3, 0.4) is 0 Å². The topological polar surface area (TPSA) is 0 Å². The third-order valence-corrected chi connectivity index (χ3v) is 7.88. The summed E-state index contributed by atoms with van der Waals surface area (Å²) in [5.41, 5.74) is 5.16. The summed E-state index contributed by atoms with van der Waals surface area (Å²) >= 11 is 0. The van der Waals surface area contributed by atoms with Gasteiger partial charge in [-0.15, -0.1) is 35.4 Å². The van der Waals surface area contributed by atoms with Crippen LogP contribution >= 0.6 is 7.92 Å². The van der Waals surface area contributed by atoms with Gasteiger partial charge >= 0.3 is 19.5 Å². The first-order valence-electron chi connectivity index (χ1n) is 9.45. The smallest absolute Gasteiger partial charge is 0.366 e. The molecule has 2 aromatic rings. The van der Waals surface area contributed by atoms with Gasteiger partial charge in [-0.25, -0.2) is 0 Å². The summed E-state index contributed by atoms with van der Waals surface area (Å²) in [6.45, 7) is 15.9. The summed E-state index contributed by atoms with van der Waals surface area (Å²) in [6, 6.07) is 19.7. The Kier molecular flexibility index (Phi) is 13.8. The van der Waals surface area contributed by atoms with Crippen LogP contribution in [0, 0.1) is 18.4 Å². The normalized spacial score (nSPS) is 11.5. The number of rotatable bonds is 6. The summed E-state index contributed by atoms with van der Waals surface area (Å²) in [5.74, 6) is 2.28. The van der Waals surface area contributed by atoms with Gasteiger partial charge in [-0.3, -0.25) is 5.92 Å². The number of hydrogen-bond donors (Lipinski definition) is 0. The Labute approximate surface area is 187 Å². The molecule has 0 fully saturated rings. The molecule has 0 saturated heterocycles. The Morgan fingerprint density at radius 3 is 1.79 bits per heavy atom. The largest absolute Gasteiger partial charge is 2.00 e. The second kappa shape index (κ2) is 14.5. The summed E-state index contributed by atoms with van der Waals surface area (Å²) in [4.78, 5) is 0. The second-order valence-electron chi connectivity index (χ2n) is 7.03. The summed E-state index contributed by atoms with van der Waals surface area (Å²) < 4.78 is 0. The van der Waals surface area contributed by atoms with Crippen molar-refractivity contribution in [2.45, 2.75) is 51.6 Å². The van der Waals surface area contributed by atoms with Gasteiger partial charge in [0, 0.05) is 0 Å². The average Bonchev–Trinajstić information content (AvgIpc) is 2.67. The molecule has 0 nitrogen and oxygen atoms in total. The summed E-state index contributed by atoms with van der Waals surface area (Å²) in [5, 5.41) is 0. The fourth-order valence-corrected chi connectivity index (χ4v) is 6.45. The molecule has 1 radical (unpaired) electrons. The zero-order chi connectivity index (χ0) is 20.2. The molecule has 149 valence electrons. The third-order valence-electron chi connectivity index (χ3n) is 4.29. The van der Waals surface area contributed by atoms with Crippen molar-refractivity contribution < 1.29 is 19.5 Å². The summed E-state index contributed by atoms with van der Waals surface area (Å²) in [6.07, 6.45) is 12.1. The first kappa shape index (κ1) is 26.5. The molecule has 0 bridgehead atoms. The van der Waals surface area contributed by atoms with E-state index in [2.05, 4.69) is 77.5 Å². The average molecular weight is 477 g/mol. The Balaban J connectivity index is 0.000000678. The van der Waals surface area contributed by atoms with E-state index in [4.69, 9.17) is 6.42 Å². The van der Waals surface area contributed by atoms with E-state index in [-0.39, 0.29) is 27.4 Å². The molecule has 2 heteroatoms. The van der Waals surface area contributed by atoms with E-state index in [1.165, 1.54) is 5.56 Å². The minimum Gasteiger partial charge on any atom is -0.366 e. The van der Waals surface area contributed by atoms with Gasteiger partial charge in [-0.2, -0.15) is 24.3 Å². The van der Waals surface area contributed by atoms with Gasteiger partial charge in [0.15, 0.2) is 0 Å². The van der Waals surface area contributed by atoms with Gasteiger partial charge in [0.25, 0.3) is 0 Å². The Morgan fingerprint density at radius 2 is 1.39 bits per heavy atom. The van der Waals surface area contributed by atoms with Gasteiger partial charge in [-0.1, -0.05) is 78.9 Å².